The Balaban J connectivity index is 2.30. The van der Waals surface area contributed by atoms with Crippen LogP contribution in [0.2, 0.25) is 0 Å². The predicted molar refractivity (Wildman–Crippen MR) is 68.1 cm³/mol. The molecule has 0 amide bonds. The highest BCUT2D eigenvalue weighted by molar-refractivity contribution is 7.13. The van der Waals surface area contributed by atoms with Gasteiger partial charge in [-0.1, -0.05) is 12.1 Å². The summed E-state index contributed by atoms with van der Waals surface area (Å²) in [7, 11) is 1.63. The number of methoxy groups -OCH3 is 1. The molecule has 1 heterocycles. The molecule has 1 atom stereocenters. The van der Waals surface area contributed by atoms with Crippen LogP contribution in [-0.2, 0) is 0 Å². The number of ether oxygens (including phenoxy) is 1. The molecule has 0 saturated heterocycles. The van der Waals surface area contributed by atoms with Gasteiger partial charge in [0, 0.05) is 17.5 Å². The lowest BCUT2D eigenvalue weighted by molar-refractivity contribution is 0.182. The molecule has 1 unspecified atom stereocenters. The van der Waals surface area contributed by atoms with Crippen molar-refractivity contribution in [2.75, 3.05) is 13.7 Å². The lowest BCUT2D eigenvalue weighted by Gasteiger charge is -2.03. The Bertz CT molecular complexity index is 499. The zero-order chi connectivity index (χ0) is 12.3. The second kappa shape index (κ2) is 5.27. The highest BCUT2D eigenvalue weighted by Crippen LogP contribution is 2.28. The summed E-state index contributed by atoms with van der Waals surface area (Å²) in [6, 6.07) is 7.67. The largest absolute Gasteiger partial charge is 0.497 e. The number of nitrogens with two attached hydrogens (primary N) is 1. The maximum absolute atomic E-state index is 9.58. The minimum absolute atomic E-state index is 0.182. The van der Waals surface area contributed by atoms with Crippen molar-refractivity contribution in [2.45, 2.75) is 6.10 Å². The Kier molecular flexibility index (Phi) is 3.73. The van der Waals surface area contributed by atoms with Crippen LogP contribution >= 0.6 is 11.3 Å². The van der Waals surface area contributed by atoms with Gasteiger partial charge in [-0.25, -0.2) is 4.98 Å². The van der Waals surface area contributed by atoms with Crippen molar-refractivity contribution in [1.82, 2.24) is 4.98 Å². The highest BCUT2D eigenvalue weighted by atomic mass is 32.1. The van der Waals surface area contributed by atoms with E-state index < -0.39 is 6.10 Å². The van der Waals surface area contributed by atoms with E-state index in [2.05, 4.69) is 4.98 Å². The molecule has 2 aromatic rings. The number of benzene rings is 1. The van der Waals surface area contributed by atoms with Crippen LogP contribution in [0, 0.1) is 0 Å². The summed E-state index contributed by atoms with van der Waals surface area (Å²) in [6.07, 6.45) is -0.689. The average Bonchev–Trinajstić information content (AvgIpc) is 2.87. The lowest BCUT2D eigenvalue weighted by atomic mass is 10.2. The number of nitrogens with zero attached hydrogens (tertiary/aromatic N) is 1. The van der Waals surface area contributed by atoms with E-state index in [1.165, 1.54) is 11.3 Å². The number of aliphatic hydroxyl groups is 1. The molecule has 90 valence electrons. The summed E-state index contributed by atoms with van der Waals surface area (Å²) in [6.45, 7) is 0.182. The van der Waals surface area contributed by atoms with E-state index in [0.29, 0.717) is 5.69 Å². The van der Waals surface area contributed by atoms with E-state index in [1.807, 2.05) is 29.6 Å². The highest BCUT2D eigenvalue weighted by Gasteiger charge is 2.11. The predicted octanol–water partition coefficient (Wildman–Crippen LogP) is 1.81. The fraction of sp³-hybridized carbons (Fsp3) is 0.250. The standard InChI is InChI=1S/C12H14N2O2S/c1-16-9-4-2-3-8(5-9)12-14-10(7-17-12)11(15)6-13/h2-5,7,11,15H,6,13H2,1H3. The van der Waals surface area contributed by atoms with Crippen molar-refractivity contribution >= 4 is 11.3 Å². The van der Waals surface area contributed by atoms with Crippen molar-refractivity contribution in [1.29, 1.82) is 0 Å². The van der Waals surface area contributed by atoms with Gasteiger partial charge in [0.25, 0.3) is 0 Å². The van der Waals surface area contributed by atoms with Gasteiger partial charge < -0.3 is 15.6 Å². The summed E-state index contributed by atoms with van der Waals surface area (Å²) >= 11 is 1.48. The minimum atomic E-state index is -0.689. The summed E-state index contributed by atoms with van der Waals surface area (Å²) in [5.74, 6) is 0.790. The molecule has 0 aliphatic heterocycles. The first-order chi connectivity index (χ1) is 8.24. The van der Waals surface area contributed by atoms with Gasteiger partial charge in [-0.05, 0) is 12.1 Å². The molecule has 17 heavy (non-hydrogen) atoms. The van der Waals surface area contributed by atoms with Gasteiger partial charge in [0.1, 0.15) is 16.9 Å². The SMILES string of the molecule is COc1cccc(-c2nc(C(O)CN)cs2)c1. The van der Waals surface area contributed by atoms with Gasteiger partial charge in [0.2, 0.25) is 0 Å². The molecule has 3 N–H and O–H groups in total. The molecule has 5 heteroatoms. The van der Waals surface area contributed by atoms with E-state index in [4.69, 9.17) is 10.5 Å². The summed E-state index contributed by atoms with van der Waals surface area (Å²) in [5.41, 5.74) is 6.99. The quantitative estimate of drug-likeness (QED) is 0.868. The molecule has 0 aliphatic rings. The van der Waals surface area contributed by atoms with E-state index in [1.54, 1.807) is 7.11 Å². The van der Waals surface area contributed by atoms with Gasteiger partial charge in [-0.15, -0.1) is 11.3 Å². The van der Waals surface area contributed by atoms with Gasteiger partial charge in [0.05, 0.1) is 12.8 Å². The third-order valence-electron chi connectivity index (χ3n) is 2.40. The zero-order valence-corrected chi connectivity index (χ0v) is 10.3. The Hall–Kier alpha value is -1.43. The monoisotopic (exact) mass is 250 g/mol. The normalized spacial score (nSPS) is 12.4. The topological polar surface area (TPSA) is 68.4 Å². The van der Waals surface area contributed by atoms with Gasteiger partial charge >= 0.3 is 0 Å². The Morgan fingerprint density at radius 1 is 1.53 bits per heavy atom. The van der Waals surface area contributed by atoms with Crippen LogP contribution in [0.4, 0.5) is 0 Å². The van der Waals surface area contributed by atoms with Crippen LogP contribution < -0.4 is 10.5 Å². The van der Waals surface area contributed by atoms with E-state index in [0.717, 1.165) is 16.3 Å². The van der Waals surface area contributed by atoms with Crippen LogP contribution in [0.5, 0.6) is 5.75 Å². The number of aliphatic hydroxyl groups excluding tert-OH is 1. The van der Waals surface area contributed by atoms with Crippen LogP contribution in [-0.4, -0.2) is 23.7 Å². The first-order valence-corrected chi connectivity index (χ1v) is 6.10. The Labute approximate surface area is 104 Å². The van der Waals surface area contributed by atoms with Gasteiger partial charge in [0.15, 0.2) is 0 Å². The van der Waals surface area contributed by atoms with Crippen molar-refractivity contribution < 1.29 is 9.84 Å². The molecular weight excluding hydrogens is 236 g/mol. The van der Waals surface area contributed by atoms with Crippen molar-refractivity contribution in [3.63, 3.8) is 0 Å². The molecule has 4 nitrogen and oxygen atoms in total. The van der Waals surface area contributed by atoms with E-state index in [9.17, 15) is 5.11 Å². The van der Waals surface area contributed by atoms with Crippen LogP contribution in [0.3, 0.4) is 0 Å². The zero-order valence-electron chi connectivity index (χ0n) is 9.46. The number of hydrogen-bond acceptors (Lipinski definition) is 5. The second-order valence-corrected chi connectivity index (χ2v) is 4.42. The minimum Gasteiger partial charge on any atom is -0.497 e. The summed E-state index contributed by atoms with van der Waals surface area (Å²) in [5, 5.41) is 12.3. The fourth-order valence-electron chi connectivity index (χ4n) is 1.45. The molecule has 0 saturated carbocycles. The van der Waals surface area contributed by atoms with Gasteiger partial charge in [-0.2, -0.15) is 0 Å². The van der Waals surface area contributed by atoms with Crippen molar-refractivity contribution in [2.24, 2.45) is 5.73 Å². The third-order valence-corrected chi connectivity index (χ3v) is 3.31. The first kappa shape index (κ1) is 12.0. The molecule has 0 spiro atoms. The second-order valence-electron chi connectivity index (χ2n) is 3.56. The maximum Gasteiger partial charge on any atom is 0.123 e. The smallest absolute Gasteiger partial charge is 0.123 e. The van der Waals surface area contributed by atoms with Crippen LogP contribution in [0.15, 0.2) is 29.6 Å². The summed E-state index contributed by atoms with van der Waals surface area (Å²) in [4.78, 5) is 4.36. The van der Waals surface area contributed by atoms with E-state index in [-0.39, 0.29) is 6.54 Å². The molecule has 0 aliphatic carbocycles. The summed E-state index contributed by atoms with van der Waals surface area (Å²) < 4.78 is 5.16. The molecule has 0 bridgehead atoms. The molecule has 0 radical (unpaired) electrons. The van der Waals surface area contributed by atoms with Crippen molar-refractivity contribution in [3.8, 4) is 16.3 Å². The van der Waals surface area contributed by atoms with Crippen LogP contribution in [0.25, 0.3) is 10.6 Å². The van der Waals surface area contributed by atoms with Gasteiger partial charge in [-0.3, -0.25) is 0 Å². The fourth-order valence-corrected chi connectivity index (χ4v) is 2.31. The number of hydrogen-bond donors (Lipinski definition) is 2. The molecule has 1 aromatic heterocycles. The average molecular weight is 250 g/mol. The number of rotatable bonds is 4. The Morgan fingerprint density at radius 3 is 3.06 bits per heavy atom. The molecule has 2 rings (SSSR count). The molecular formula is C12H14N2O2S. The van der Waals surface area contributed by atoms with Crippen LogP contribution in [0.1, 0.15) is 11.8 Å². The third kappa shape index (κ3) is 2.63. The Morgan fingerprint density at radius 2 is 2.35 bits per heavy atom. The molecule has 1 aromatic carbocycles. The maximum atomic E-state index is 9.58. The first-order valence-electron chi connectivity index (χ1n) is 5.22. The van der Waals surface area contributed by atoms with Crippen molar-refractivity contribution in [3.05, 3.63) is 35.3 Å². The number of thiazole rings is 1. The molecule has 0 fully saturated rings. The number of aromatic nitrogens is 1. The lowest BCUT2D eigenvalue weighted by Crippen LogP contribution is -2.11. The van der Waals surface area contributed by atoms with E-state index >= 15 is 0 Å².